The minimum absolute atomic E-state index is 0.0918. The molecule has 0 N–H and O–H groups in total. The lowest BCUT2D eigenvalue weighted by Gasteiger charge is -2.35. The Kier molecular flexibility index (Phi) is 9.60. The molecule has 0 unspecified atom stereocenters. The first-order chi connectivity index (χ1) is 25.7. The topological polar surface area (TPSA) is 101 Å². The third-order valence-electron chi connectivity index (χ3n) is 11.4. The second kappa shape index (κ2) is 14.3. The van der Waals surface area contributed by atoms with Crippen LogP contribution in [0.4, 0.5) is 20.3 Å². The van der Waals surface area contributed by atoms with E-state index in [4.69, 9.17) is 24.2 Å². The van der Waals surface area contributed by atoms with Crippen molar-refractivity contribution in [1.82, 2.24) is 29.5 Å². The Morgan fingerprint density at radius 2 is 1.91 bits per heavy atom. The molecule has 2 aromatic heterocycles. The highest BCUT2D eigenvalue weighted by molar-refractivity contribution is 5.98. The summed E-state index contributed by atoms with van der Waals surface area (Å²) in [5, 5.41) is 6.39. The molecule has 4 aliphatic heterocycles. The van der Waals surface area contributed by atoms with Crippen LogP contribution in [-0.2, 0) is 37.2 Å². The van der Waals surface area contributed by atoms with Gasteiger partial charge in [0, 0.05) is 76.5 Å². The second-order valence-corrected chi connectivity index (χ2v) is 15.0. The van der Waals surface area contributed by atoms with E-state index < -0.39 is 6.17 Å². The van der Waals surface area contributed by atoms with Crippen LogP contribution < -0.4 is 19.3 Å². The first kappa shape index (κ1) is 35.5. The van der Waals surface area contributed by atoms with Crippen molar-refractivity contribution in [2.75, 3.05) is 70.6 Å². The number of aromatic nitrogens is 4. The van der Waals surface area contributed by atoms with Crippen molar-refractivity contribution in [3.05, 3.63) is 64.4 Å². The molecular weight excluding hydrogens is 682 g/mol. The number of ether oxygens (including phenoxy) is 3. The summed E-state index contributed by atoms with van der Waals surface area (Å²) < 4.78 is 49.5. The predicted octanol–water partition coefficient (Wildman–Crippen LogP) is 5.14. The summed E-state index contributed by atoms with van der Waals surface area (Å²) in [4.78, 5) is 31.2. The van der Waals surface area contributed by atoms with Gasteiger partial charge in [0.2, 0.25) is 0 Å². The summed E-state index contributed by atoms with van der Waals surface area (Å²) in [5.74, 6) is 1.07. The fourth-order valence-corrected chi connectivity index (χ4v) is 8.82. The Hall–Kier alpha value is -4.56. The van der Waals surface area contributed by atoms with Crippen LogP contribution in [0.25, 0.3) is 10.8 Å². The Bertz CT molecular complexity index is 2020. The summed E-state index contributed by atoms with van der Waals surface area (Å²) in [6, 6.07) is 9.37. The van der Waals surface area contributed by atoms with Crippen LogP contribution in [0.3, 0.4) is 0 Å². The Morgan fingerprint density at radius 3 is 2.72 bits per heavy atom. The van der Waals surface area contributed by atoms with Crippen molar-refractivity contribution < 1.29 is 27.8 Å². The van der Waals surface area contributed by atoms with Gasteiger partial charge in [-0.2, -0.15) is 15.1 Å². The van der Waals surface area contributed by atoms with Crippen LogP contribution in [0.15, 0.2) is 30.3 Å². The highest BCUT2D eigenvalue weighted by Crippen LogP contribution is 2.42. The molecule has 4 aliphatic rings. The number of alkyl halides is 1. The van der Waals surface area contributed by atoms with E-state index in [2.05, 4.69) is 19.8 Å². The van der Waals surface area contributed by atoms with Crippen LogP contribution in [0.1, 0.15) is 65.6 Å². The molecule has 0 radical (unpaired) electrons. The van der Waals surface area contributed by atoms with Gasteiger partial charge in [0.05, 0.1) is 30.0 Å². The minimum atomic E-state index is -0.866. The maximum Gasteiger partial charge on any atom is 0.318 e. The number of amides is 1. The van der Waals surface area contributed by atoms with Gasteiger partial charge in [0.25, 0.3) is 5.91 Å². The number of aryl methyl sites for hydroxylation is 2. The molecule has 2 saturated heterocycles. The molecule has 53 heavy (non-hydrogen) atoms. The van der Waals surface area contributed by atoms with Gasteiger partial charge in [-0.25, -0.2) is 8.78 Å². The van der Waals surface area contributed by atoms with Crippen molar-refractivity contribution in [2.45, 2.75) is 76.8 Å². The van der Waals surface area contributed by atoms with E-state index in [1.165, 1.54) is 11.0 Å². The maximum absolute atomic E-state index is 15.3. The molecule has 14 heteroatoms. The maximum atomic E-state index is 15.3. The van der Waals surface area contributed by atoms with Crippen LogP contribution >= 0.6 is 0 Å². The molecule has 0 spiro atoms. The SMILES string of the molecule is CCc1c(F)ccc2cc(OCOC)cc(N3CCc4c(nc(OC[C@@]56CCCN5C[C@H](F)C6)nc4N4CCCn5nc(C(=O)N(C)C)cc5C4)C3)c12. The van der Waals surface area contributed by atoms with Crippen LogP contribution in [0, 0.1) is 5.82 Å². The number of carbonyl (C=O) groups excluding carboxylic acids is 1. The van der Waals surface area contributed by atoms with Gasteiger partial charge in [-0.05, 0) is 67.8 Å². The number of nitrogens with zero attached hydrogens (tertiary/aromatic N) is 8. The lowest BCUT2D eigenvalue weighted by Crippen LogP contribution is -2.43. The van der Waals surface area contributed by atoms with Gasteiger partial charge in [-0.3, -0.25) is 14.4 Å². The average molecular weight is 731 g/mol. The van der Waals surface area contributed by atoms with Crippen molar-refractivity contribution in [2.24, 2.45) is 0 Å². The second-order valence-electron chi connectivity index (χ2n) is 15.0. The van der Waals surface area contributed by atoms with Crippen molar-refractivity contribution in [3.63, 3.8) is 0 Å². The molecule has 0 saturated carbocycles. The van der Waals surface area contributed by atoms with Gasteiger partial charge in [-0.1, -0.05) is 13.0 Å². The third-order valence-corrected chi connectivity index (χ3v) is 11.4. The first-order valence-electron chi connectivity index (χ1n) is 18.7. The standard InChI is InChI=1S/C39H48F2N8O4/c1-5-29-31(41)9-8-25-16-28(53-24-51-4)18-34(35(25)29)46-15-10-30-33(22-46)42-38(52-23-39-11-6-13-48(39)20-26(40)19-39)43-36(30)47-12-7-14-49-27(21-47)17-32(44-49)37(50)45(2)3/h8-9,16-18,26H,5-7,10-15,19-24H2,1-4H3/t26-,39+/m1/s1. The molecule has 282 valence electrons. The van der Waals surface area contributed by atoms with E-state index in [-0.39, 0.29) is 30.1 Å². The summed E-state index contributed by atoms with van der Waals surface area (Å²) in [7, 11) is 5.04. The van der Waals surface area contributed by atoms with Gasteiger partial charge >= 0.3 is 6.01 Å². The fraction of sp³-hybridized carbons (Fsp3) is 0.538. The largest absolute Gasteiger partial charge is 0.467 e. The highest BCUT2D eigenvalue weighted by Gasteiger charge is 2.49. The summed E-state index contributed by atoms with van der Waals surface area (Å²) >= 11 is 0. The van der Waals surface area contributed by atoms with E-state index in [9.17, 15) is 9.18 Å². The van der Waals surface area contributed by atoms with E-state index >= 15 is 4.39 Å². The zero-order chi connectivity index (χ0) is 36.9. The monoisotopic (exact) mass is 730 g/mol. The molecule has 1 amide bonds. The smallest absolute Gasteiger partial charge is 0.318 e. The zero-order valence-corrected chi connectivity index (χ0v) is 31.0. The normalized spacial score (nSPS) is 21.4. The molecule has 2 aromatic carbocycles. The minimum Gasteiger partial charge on any atom is -0.467 e. The molecule has 0 bridgehead atoms. The van der Waals surface area contributed by atoms with Gasteiger partial charge in [0.1, 0.15) is 30.2 Å². The van der Waals surface area contributed by atoms with Crippen molar-refractivity contribution >= 4 is 28.2 Å². The average Bonchev–Trinajstić information content (AvgIpc) is 3.78. The highest BCUT2D eigenvalue weighted by atomic mass is 19.1. The summed E-state index contributed by atoms with van der Waals surface area (Å²) in [6.07, 6.45) is 3.48. The molecule has 8 rings (SSSR count). The van der Waals surface area contributed by atoms with Crippen molar-refractivity contribution in [3.8, 4) is 11.8 Å². The number of hydrogen-bond donors (Lipinski definition) is 0. The molecule has 2 atom stereocenters. The zero-order valence-electron chi connectivity index (χ0n) is 31.0. The summed E-state index contributed by atoms with van der Waals surface area (Å²) in [5.41, 5.74) is 4.41. The van der Waals surface area contributed by atoms with E-state index in [0.717, 1.165) is 71.6 Å². The summed E-state index contributed by atoms with van der Waals surface area (Å²) in [6.45, 7) is 6.72. The number of anilines is 2. The van der Waals surface area contributed by atoms with Crippen LogP contribution in [0.2, 0.25) is 0 Å². The number of carbonyl (C=O) groups is 1. The lowest BCUT2D eigenvalue weighted by molar-refractivity contribution is 0.0512. The molecule has 12 nitrogen and oxygen atoms in total. The Labute approximate surface area is 308 Å². The number of benzene rings is 2. The lowest BCUT2D eigenvalue weighted by atomic mass is 9.95. The molecule has 6 heterocycles. The molecular formula is C39H48F2N8O4. The number of methoxy groups -OCH3 is 1. The number of hydrogen-bond acceptors (Lipinski definition) is 10. The van der Waals surface area contributed by atoms with Crippen LogP contribution in [-0.4, -0.2) is 108 Å². The van der Waals surface area contributed by atoms with E-state index in [1.54, 1.807) is 27.3 Å². The molecule has 2 fully saturated rings. The number of rotatable bonds is 10. The Balaban J connectivity index is 1.18. The predicted molar refractivity (Wildman–Crippen MR) is 197 cm³/mol. The molecule has 0 aliphatic carbocycles. The fourth-order valence-electron chi connectivity index (χ4n) is 8.82. The van der Waals surface area contributed by atoms with E-state index in [0.29, 0.717) is 75.6 Å². The Morgan fingerprint density at radius 1 is 1.04 bits per heavy atom. The quantitative estimate of drug-likeness (QED) is 0.204. The number of halogens is 2. The first-order valence-corrected chi connectivity index (χ1v) is 18.7. The number of fused-ring (bicyclic) bond motifs is 4. The van der Waals surface area contributed by atoms with Gasteiger partial charge in [0.15, 0.2) is 12.5 Å². The molecule has 4 aromatic rings. The van der Waals surface area contributed by atoms with Crippen molar-refractivity contribution in [1.29, 1.82) is 0 Å². The van der Waals surface area contributed by atoms with E-state index in [1.807, 2.05) is 29.8 Å². The van der Waals surface area contributed by atoms with Gasteiger partial charge < -0.3 is 28.9 Å². The van der Waals surface area contributed by atoms with Gasteiger partial charge in [-0.15, -0.1) is 0 Å². The third kappa shape index (κ3) is 6.64. The van der Waals surface area contributed by atoms with Crippen LogP contribution in [0.5, 0.6) is 11.8 Å².